The Labute approximate surface area is 162 Å². The maximum atomic E-state index is 14.8. The fraction of sp³-hybridized carbons (Fsp3) is 0.455. The van der Waals surface area contributed by atoms with Crippen LogP contribution in [-0.2, 0) is 20.7 Å². The Morgan fingerprint density at radius 1 is 1.25 bits per heavy atom. The van der Waals surface area contributed by atoms with E-state index in [1.807, 2.05) is 6.92 Å². The predicted octanol–water partition coefficient (Wildman–Crippen LogP) is 3.38. The Bertz CT molecular complexity index is 1000. The Hall–Kier alpha value is -2.47. The fourth-order valence-corrected chi connectivity index (χ4v) is 5.29. The molecule has 0 amide bonds. The molecule has 2 N–H and O–H groups in total. The first-order chi connectivity index (χ1) is 13.2. The third-order valence-electron chi connectivity index (χ3n) is 6.86. The molecule has 6 heteroatoms. The standard InChI is InChI=1S/C22H23FO5/c1-12(24)28-11-20(26)22(27)8-6-18-16-10-19(23)17-9-13(25)3-4-14(17)15(16)5-7-21(18,22)2/h3-4,9-10,18,25,27H,5-8,11H2,1-2H3/t18-,21-,22-/m0/s1. The largest absolute Gasteiger partial charge is 0.508 e. The van der Waals surface area contributed by atoms with Crippen LogP contribution in [0.4, 0.5) is 4.39 Å². The summed E-state index contributed by atoms with van der Waals surface area (Å²) >= 11 is 0. The maximum absolute atomic E-state index is 14.8. The normalized spacial score (nSPS) is 28.6. The molecular weight excluding hydrogens is 363 g/mol. The van der Waals surface area contributed by atoms with E-state index in [1.165, 1.54) is 19.1 Å². The van der Waals surface area contributed by atoms with Crippen molar-refractivity contribution < 1.29 is 28.9 Å². The minimum absolute atomic E-state index is 0.0123. The lowest BCUT2D eigenvalue weighted by Crippen LogP contribution is -2.53. The van der Waals surface area contributed by atoms with E-state index < -0.39 is 35.2 Å². The number of ether oxygens (including phenoxy) is 1. The van der Waals surface area contributed by atoms with Crippen molar-refractivity contribution in [3.8, 4) is 5.75 Å². The van der Waals surface area contributed by atoms with Gasteiger partial charge in [-0.2, -0.15) is 0 Å². The first-order valence-corrected chi connectivity index (χ1v) is 9.50. The number of phenols is 1. The van der Waals surface area contributed by atoms with E-state index in [0.29, 0.717) is 24.6 Å². The van der Waals surface area contributed by atoms with Gasteiger partial charge in [-0.05, 0) is 66.3 Å². The number of rotatable bonds is 3. The molecule has 2 aromatic carbocycles. The number of phenolic OH excluding ortho intramolecular Hbond substituents is 1. The molecule has 148 valence electrons. The Balaban J connectivity index is 1.77. The Morgan fingerprint density at radius 2 is 2.00 bits per heavy atom. The molecule has 0 radical (unpaired) electrons. The van der Waals surface area contributed by atoms with Crippen molar-refractivity contribution in [1.82, 2.24) is 0 Å². The molecule has 4 rings (SSSR count). The van der Waals surface area contributed by atoms with E-state index in [4.69, 9.17) is 4.74 Å². The number of halogens is 1. The van der Waals surface area contributed by atoms with Crippen LogP contribution in [0, 0.1) is 11.2 Å². The van der Waals surface area contributed by atoms with Crippen LogP contribution in [0.3, 0.4) is 0 Å². The van der Waals surface area contributed by atoms with Crippen LogP contribution in [0.2, 0.25) is 0 Å². The molecule has 1 fully saturated rings. The summed E-state index contributed by atoms with van der Waals surface area (Å²) in [6.45, 7) is 2.64. The number of benzene rings is 2. The van der Waals surface area contributed by atoms with E-state index in [0.717, 1.165) is 16.5 Å². The average molecular weight is 386 g/mol. The van der Waals surface area contributed by atoms with Crippen molar-refractivity contribution in [2.75, 3.05) is 6.61 Å². The lowest BCUT2D eigenvalue weighted by Gasteiger charge is -2.45. The van der Waals surface area contributed by atoms with Crippen LogP contribution in [0.1, 0.15) is 50.2 Å². The second-order valence-corrected chi connectivity index (χ2v) is 8.23. The third-order valence-corrected chi connectivity index (χ3v) is 6.86. The van der Waals surface area contributed by atoms with Gasteiger partial charge in [0.05, 0.1) is 0 Å². The van der Waals surface area contributed by atoms with Gasteiger partial charge in [-0.25, -0.2) is 4.39 Å². The number of aromatic hydroxyl groups is 1. The Morgan fingerprint density at radius 3 is 2.71 bits per heavy atom. The number of Topliss-reactive ketones (excluding diaryl/α,β-unsaturated/α-hetero) is 1. The predicted molar refractivity (Wildman–Crippen MR) is 101 cm³/mol. The zero-order valence-corrected chi connectivity index (χ0v) is 15.9. The smallest absolute Gasteiger partial charge is 0.303 e. The zero-order chi connectivity index (χ0) is 20.3. The molecule has 0 aliphatic heterocycles. The van der Waals surface area contributed by atoms with Crippen LogP contribution < -0.4 is 0 Å². The van der Waals surface area contributed by atoms with E-state index in [1.54, 1.807) is 12.1 Å². The first kappa shape index (κ1) is 18.9. The number of esters is 1. The van der Waals surface area contributed by atoms with Crippen LogP contribution in [0.15, 0.2) is 24.3 Å². The average Bonchev–Trinajstić information content (AvgIpc) is 2.92. The highest BCUT2D eigenvalue weighted by molar-refractivity contribution is 5.92. The molecule has 3 atom stereocenters. The molecule has 0 unspecified atom stereocenters. The molecule has 2 aliphatic rings. The van der Waals surface area contributed by atoms with Crippen molar-refractivity contribution in [2.45, 2.75) is 51.0 Å². The summed E-state index contributed by atoms with van der Waals surface area (Å²) in [5.41, 5.74) is -0.532. The molecule has 0 heterocycles. The van der Waals surface area contributed by atoms with Crippen LogP contribution in [0.5, 0.6) is 5.75 Å². The molecule has 0 bridgehead atoms. The number of carbonyl (C=O) groups excluding carboxylic acids is 2. The van der Waals surface area contributed by atoms with Gasteiger partial charge >= 0.3 is 5.97 Å². The quantitative estimate of drug-likeness (QED) is 0.790. The molecule has 2 aliphatic carbocycles. The highest BCUT2D eigenvalue weighted by Crippen LogP contribution is 2.61. The van der Waals surface area contributed by atoms with Gasteiger partial charge in [0.1, 0.15) is 17.2 Å². The molecule has 1 saturated carbocycles. The van der Waals surface area contributed by atoms with Gasteiger partial charge in [-0.1, -0.05) is 13.0 Å². The number of ketones is 1. The fourth-order valence-electron chi connectivity index (χ4n) is 5.29. The van der Waals surface area contributed by atoms with E-state index in [9.17, 15) is 24.2 Å². The van der Waals surface area contributed by atoms with E-state index in [-0.39, 0.29) is 18.1 Å². The minimum Gasteiger partial charge on any atom is -0.508 e. The van der Waals surface area contributed by atoms with Gasteiger partial charge in [0.2, 0.25) is 5.78 Å². The lowest BCUT2D eigenvalue weighted by atomic mass is 9.60. The summed E-state index contributed by atoms with van der Waals surface area (Å²) in [6, 6.07) is 6.18. The zero-order valence-electron chi connectivity index (χ0n) is 15.9. The number of aryl methyl sites for hydroxylation is 1. The molecular formula is C22H23FO5. The van der Waals surface area contributed by atoms with Gasteiger partial charge in [0.25, 0.3) is 0 Å². The first-order valence-electron chi connectivity index (χ1n) is 9.50. The van der Waals surface area contributed by atoms with Gasteiger partial charge < -0.3 is 14.9 Å². The van der Waals surface area contributed by atoms with Gasteiger partial charge in [-0.3, -0.25) is 9.59 Å². The van der Waals surface area contributed by atoms with Crippen LogP contribution in [0.25, 0.3) is 10.8 Å². The summed E-state index contributed by atoms with van der Waals surface area (Å²) in [4.78, 5) is 23.8. The Kier molecular flexibility index (Phi) is 4.23. The van der Waals surface area contributed by atoms with Gasteiger partial charge in [0, 0.05) is 17.7 Å². The molecule has 28 heavy (non-hydrogen) atoms. The molecule has 0 aromatic heterocycles. The summed E-state index contributed by atoms with van der Waals surface area (Å²) in [7, 11) is 0. The van der Waals surface area contributed by atoms with E-state index >= 15 is 0 Å². The summed E-state index contributed by atoms with van der Waals surface area (Å²) < 4.78 is 19.6. The summed E-state index contributed by atoms with van der Waals surface area (Å²) in [5.74, 6) is -1.64. The second-order valence-electron chi connectivity index (χ2n) is 8.23. The maximum Gasteiger partial charge on any atom is 0.303 e. The topological polar surface area (TPSA) is 83.8 Å². The van der Waals surface area contributed by atoms with Crippen molar-refractivity contribution in [3.63, 3.8) is 0 Å². The molecule has 0 saturated heterocycles. The molecule has 2 aromatic rings. The minimum atomic E-state index is -1.61. The van der Waals surface area contributed by atoms with Crippen molar-refractivity contribution in [2.24, 2.45) is 5.41 Å². The van der Waals surface area contributed by atoms with Crippen LogP contribution >= 0.6 is 0 Å². The lowest BCUT2D eigenvalue weighted by molar-refractivity contribution is -0.161. The second kappa shape index (κ2) is 6.27. The number of carbonyl (C=O) groups is 2. The van der Waals surface area contributed by atoms with Crippen molar-refractivity contribution >= 4 is 22.5 Å². The SMILES string of the molecule is CC(=O)OCC(=O)[C@@]1(O)CC[C@H]2c3cc(F)c4cc(O)ccc4c3CC[C@@]21C. The monoisotopic (exact) mass is 386 g/mol. The molecule has 5 nitrogen and oxygen atoms in total. The van der Waals surface area contributed by atoms with Crippen LogP contribution in [-0.4, -0.2) is 34.2 Å². The number of hydrogen-bond acceptors (Lipinski definition) is 5. The number of aliphatic hydroxyl groups is 1. The summed E-state index contributed by atoms with van der Waals surface area (Å²) in [5, 5.41) is 22.1. The molecule has 0 spiro atoms. The van der Waals surface area contributed by atoms with Crippen molar-refractivity contribution in [3.05, 3.63) is 41.2 Å². The third kappa shape index (κ3) is 2.54. The summed E-state index contributed by atoms with van der Waals surface area (Å²) in [6.07, 6.45) is 1.96. The van der Waals surface area contributed by atoms with Gasteiger partial charge in [0.15, 0.2) is 6.61 Å². The number of hydrogen-bond donors (Lipinski definition) is 2. The highest BCUT2D eigenvalue weighted by atomic mass is 19.1. The van der Waals surface area contributed by atoms with Crippen molar-refractivity contribution in [1.29, 1.82) is 0 Å². The number of fused-ring (bicyclic) bond motifs is 5. The van der Waals surface area contributed by atoms with E-state index in [2.05, 4.69) is 0 Å². The van der Waals surface area contributed by atoms with Gasteiger partial charge in [-0.15, -0.1) is 0 Å². The highest BCUT2D eigenvalue weighted by Gasteiger charge is 2.61.